The molecule has 2 aromatic rings. The molecule has 0 saturated heterocycles. The molecular weight excluding hydrogens is 212 g/mol. The van der Waals surface area contributed by atoms with Gasteiger partial charge in [-0.1, -0.05) is 24.3 Å². The summed E-state index contributed by atoms with van der Waals surface area (Å²) in [5.41, 5.74) is 4.16. The zero-order valence-electron chi connectivity index (χ0n) is 10.3. The molecule has 0 spiro atoms. The Morgan fingerprint density at radius 1 is 0.882 bits per heavy atom. The smallest absolute Gasteiger partial charge is 0.126 e. The van der Waals surface area contributed by atoms with Crippen LogP contribution in [0.3, 0.4) is 0 Å². The van der Waals surface area contributed by atoms with Gasteiger partial charge in [-0.05, 0) is 43.5 Å². The lowest BCUT2D eigenvalue weighted by Crippen LogP contribution is -1.88. The van der Waals surface area contributed by atoms with Gasteiger partial charge >= 0.3 is 0 Å². The van der Waals surface area contributed by atoms with Gasteiger partial charge in [0.25, 0.3) is 0 Å². The number of hydrogen-bond acceptors (Lipinski definition) is 2. The van der Waals surface area contributed by atoms with E-state index in [1.54, 1.807) is 6.07 Å². The van der Waals surface area contributed by atoms with Crippen LogP contribution in [-0.2, 0) is 0 Å². The Hall–Kier alpha value is -1.96. The van der Waals surface area contributed by atoms with E-state index >= 15 is 0 Å². The molecule has 0 radical (unpaired) electrons. The Balaban J connectivity index is 2.73. The maximum absolute atomic E-state index is 10.1. The predicted molar refractivity (Wildman–Crippen MR) is 69.4 cm³/mol. The van der Waals surface area contributed by atoms with Crippen LogP contribution in [0.15, 0.2) is 30.3 Å². The molecule has 88 valence electrons. The van der Waals surface area contributed by atoms with Crippen LogP contribution in [0.5, 0.6) is 11.5 Å². The summed E-state index contributed by atoms with van der Waals surface area (Å²) in [7, 11) is 0. The van der Waals surface area contributed by atoms with Crippen LogP contribution in [0.1, 0.15) is 16.7 Å². The molecule has 0 aliphatic heterocycles. The molecule has 0 aromatic heterocycles. The number of phenolic OH excluding ortho intramolecular Hbond substituents is 2. The third kappa shape index (κ3) is 1.98. The highest BCUT2D eigenvalue weighted by Crippen LogP contribution is 2.39. The molecule has 0 aliphatic carbocycles. The minimum absolute atomic E-state index is 0.211. The van der Waals surface area contributed by atoms with Gasteiger partial charge < -0.3 is 10.2 Å². The third-order valence-corrected chi connectivity index (χ3v) is 2.97. The Labute approximate surface area is 101 Å². The summed E-state index contributed by atoms with van der Waals surface area (Å²) in [6, 6.07) is 9.25. The molecule has 2 heteroatoms. The Morgan fingerprint density at radius 3 is 2.24 bits per heavy atom. The minimum atomic E-state index is 0.211. The van der Waals surface area contributed by atoms with Crippen molar-refractivity contribution in [2.45, 2.75) is 20.8 Å². The maximum Gasteiger partial charge on any atom is 0.126 e. The number of rotatable bonds is 1. The molecule has 0 unspecified atom stereocenters. The Kier molecular flexibility index (Phi) is 2.80. The largest absolute Gasteiger partial charge is 0.507 e. The minimum Gasteiger partial charge on any atom is -0.507 e. The van der Waals surface area contributed by atoms with E-state index in [1.165, 1.54) is 0 Å². The van der Waals surface area contributed by atoms with E-state index < -0.39 is 0 Å². The lowest BCUT2D eigenvalue weighted by atomic mass is 9.95. The molecule has 17 heavy (non-hydrogen) atoms. The van der Waals surface area contributed by atoms with Gasteiger partial charge in [0.05, 0.1) is 0 Å². The monoisotopic (exact) mass is 228 g/mol. The fourth-order valence-corrected chi connectivity index (χ4v) is 2.16. The number of aromatic hydroxyl groups is 2. The van der Waals surface area contributed by atoms with Gasteiger partial charge in [-0.25, -0.2) is 0 Å². The molecule has 0 saturated carbocycles. The lowest BCUT2D eigenvalue weighted by Gasteiger charge is -2.12. The normalized spacial score (nSPS) is 10.5. The zero-order valence-corrected chi connectivity index (χ0v) is 10.3. The van der Waals surface area contributed by atoms with Crippen molar-refractivity contribution in [2.75, 3.05) is 0 Å². The number of para-hydroxylation sites is 1. The van der Waals surface area contributed by atoms with Crippen LogP contribution in [0, 0.1) is 20.8 Å². The van der Waals surface area contributed by atoms with Gasteiger partial charge in [-0.3, -0.25) is 0 Å². The first-order valence-corrected chi connectivity index (χ1v) is 5.60. The molecule has 2 rings (SSSR count). The summed E-state index contributed by atoms with van der Waals surface area (Å²) in [4.78, 5) is 0. The molecular formula is C15H16O2. The summed E-state index contributed by atoms with van der Waals surface area (Å²) >= 11 is 0. The first-order valence-electron chi connectivity index (χ1n) is 5.60. The molecule has 0 aliphatic rings. The van der Waals surface area contributed by atoms with E-state index in [0.29, 0.717) is 11.1 Å². The third-order valence-electron chi connectivity index (χ3n) is 2.97. The molecule has 0 heterocycles. The van der Waals surface area contributed by atoms with Crippen molar-refractivity contribution in [3.8, 4) is 22.6 Å². The number of benzene rings is 2. The van der Waals surface area contributed by atoms with Crippen molar-refractivity contribution < 1.29 is 10.2 Å². The standard InChI is InChI=1S/C15H16O2/c1-9-7-11(3)14(13(16)8-9)12-6-4-5-10(2)15(12)17/h4-8,16-17H,1-3H3. The highest BCUT2D eigenvalue weighted by atomic mass is 16.3. The summed E-state index contributed by atoms with van der Waals surface area (Å²) in [5, 5.41) is 20.1. The highest BCUT2D eigenvalue weighted by Gasteiger charge is 2.13. The van der Waals surface area contributed by atoms with Crippen LogP contribution in [-0.4, -0.2) is 10.2 Å². The first-order chi connectivity index (χ1) is 8.00. The summed E-state index contributed by atoms with van der Waals surface area (Å²) in [5.74, 6) is 0.443. The van der Waals surface area contributed by atoms with Gasteiger partial charge in [0, 0.05) is 11.1 Å². The van der Waals surface area contributed by atoms with Crippen LogP contribution in [0.25, 0.3) is 11.1 Å². The Morgan fingerprint density at radius 2 is 1.59 bits per heavy atom. The van der Waals surface area contributed by atoms with E-state index in [4.69, 9.17) is 0 Å². The van der Waals surface area contributed by atoms with Crippen molar-refractivity contribution in [1.82, 2.24) is 0 Å². The van der Waals surface area contributed by atoms with Crippen molar-refractivity contribution in [3.05, 3.63) is 47.0 Å². The average molecular weight is 228 g/mol. The van der Waals surface area contributed by atoms with Gasteiger partial charge in [0.2, 0.25) is 0 Å². The Bertz CT molecular complexity index is 548. The molecule has 0 fully saturated rings. The maximum atomic E-state index is 10.1. The van der Waals surface area contributed by atoms with Crippen LogP contribution in [0.2, 0.25) is 0 Å². The van der Waals surface area contributed by atoms with E-state index in [2.05, 4.69) is 0 Å². The van der Waals surface area contributed by atoms with Crippen LogP contribution >= 0.6 is 0 Å². The highest BCUT2D eigenvalue weighted by molar-refractivity contribution is 5.79. The van der Waals surface area contributed by atoms with Crippen molar-refractivity contribution in [1.29, 1.82) is 0 Å². The van der Waals surface area contributed by atoms with Gasteiger partial charge in [-0.15, -0.1) is 0 Å². The summed E-state index contributed by atoms with van der Waals surface area (Å²) in [6.07, 6.45) is 0. The molecule has 2 aromatic carbocycles. The molecule has 0 bridgehead atoms. The fourth-order valence-electron chi connectivity index (χ4n) is 2.16. The van der Waals surface area contributed by atoms with Crippen molar-refractivity contribution >= 4 is 0 Å². The SMILES string of the molecule is Cc1cc(C)c(-c2cccc(C)c2O)c(O)c1. The average Bonchev–Trinajstić information content (AvgIpc) is 2.23. The van der Waals surface area contributed by atoms with Crippen LogP contribution in [0.4, 0.5) is 0 Å². The second kappa shape index (κ2) is 4.13. The van der Waals surface area contributed by atoms with Crippen LogP contribution < -0.4 is 0 Å². The van der Waals surface area contributed by atoms with E-state index in [0.717, 1.165) is 16.7 Å². The van der Waals surface area contributed by atoms with Gasteiger partial charge in [0.15, 0.2) is 0 Å². The molecule has 2 nitrogen and oxygen atoms in total. The lowest BCUT2D eigenvalue weighted by molar-refractivity contribution is 0.466. The van der Waals surface area contributed by atoms with Crippen molar-refractivity contribution in [3.63, 3.8) is 0 Å². The number of phenols is 2. The van der Waals surface area contributed by atoms with Crippen molar-refractivity contribution in [2.24, 2.45) is 0 Å². The summed E-state index contributed by atoms with van der Waals surface area (Å²) < 4.78 is 0. The van der Waals surface area contributed by atoms with Gasteiger partial charge in [0.1, 0.15) is 11.5 Å². The topological polar surface area (TPSA) is 40.5 Å². The molecule has 2 N–H and O–H groups in total. The summed E-state index contributed by atoms with van der Waals surface area (Å²) in [6.45, 7) is 5.72. The molecule has 0 atom stereocenters. The zero-order chi connectivity index (χ0) is 12.6. The number of aryl methyl sites for hydroxylation is 3. The van der Waals surface area contributed by atoms with Gasteiger partial charge in [-0.2, -0.15) is 0 Å². The second-order valence-electron chi connectivity index (χ2n) is 4.45. The van der Waals surface area contributed by atoms with E-state index in [-0.39, 0.29) is 11.5 Å². The fraction of sp³-hybridized carbons (Fsp3) is 0.200. The number of hydrogen-bond donors (Lipinski definition) is 2. The molecule has 0 amide bonds. The predicted octanol–water partition coefficient (Wildman–Crippen LogP) is 3.69. The van der Waals surface area contributed by atoms with E-state index in [1.807, 2.05) is 45.0 Å². The van der Waals surface area contributed by atoms with E-state index in [9.17, 15) is 10.2 Å². The second-order valence-corrected chi connectivity index (χ2v) is 4.45. The first kappa shape index (κ1) is 11.5. The quantitative estimate of drug-likeness (QED) is 0.781.